The predicted molar refractivity (Wildman–Crippen MR) is 166 cm³/mol. The van der Waals surface area contributed by atoms with Crippen molar-refractivity contribution in [3.05, 3.63) is 108 Å². The number of hydrogen-bond donors (Lipinski definition) is 1. The molecule has 0 atom stereocenters. The summed E-state index contributed by atoms with van der Waals surface area (Å²) >= 11 is 6.28. The maximum absolute atomic E-state index is 6.32. The van der Waals surface area contributed by atoms with Crippen LogP contribution in [-0.4, -0.2) is 60.6 Å². The summed E-state index contributed by atoms with van der Waals surface area (Å²) in [6, 6.07) is 26.0. The van der Waals surface area contributed by atoms with Crippen molar-refractivity contribution >= 4 is 34.4 Å². The molecule has 1 saturated heterocycles. The van der Waals surface area contributed by atoms with Crippen molar-refractivity contribution in [3.63, 3.8) is 0 Å². The highest BCUT2D eigenvalue weighted by atomic mass is 35.5. The number of fused-ring (bicyclic) bond motifs is 1. The third kappa shape index (κ3) is 5.15. The van der Waals surface area contributed by atoms with Crippen molar-refractivity contribution in [1.29, 1.82) is 0 Å². The van der Waals surface area contributed by atoms with Crippen LogP contribution in [0.15, 0.2) is 97.6 Å². The Morgan fingerprint density at radius 2 is 1.67 bits per heavy atom. The van der Waals surface area contributed by atoms with Crippen LogP contribution < -0.4 is 10.6 Å². The van der Waals surface area contributed by atoms with Gasteiger partial charge in [0, 0.05) is 61.4 Å². The first-order valence-corrected chi connectivity index (χ1v) is 14.2. The van der Waals surface area contributed by atoms with Gasteiger partial charge in [0.05, 0.1) is 11.3 Å². The number of nitrogens with two attached hydrogens (primary N) is 1. The van der Waals surface area contributed by atoms with Gasteiger partial charge in [0.25, 0.3) is 0 Å². The first-order chi connectivity index (χ1) is 20.6. The Bertz CT molecular complexity index is 1850. The summed E-state index contributed by atoms with van der Waals surface area (Å²) in [7, 11) is 0. The van der Waals surface area contributed by atoms with Crippen molar-refractivity contribution in [1.82, 2.24) is 34.4 Å². The van der Waals surface area contributed by atoms with Gasteiger partial charge in [0.15, 0.2) is 11.5 Å². The maximum atomic E-state index is 6.32. The summed E-state index contributed by atoms with van der Waals surface area (Å²) in [6.07, 6.45) is 5.08. The highest BCUT2D eigenvalue weighted by Crippen LogP contribution is 2.32. The van der Waals surface area contributed by atoms with Gasteiger partial charge in [-0.15, -0.1) is 0 Å². The molecule has 42 heavy (non-hydrogen) atoms. The quantitative estimate of drug-likeness (QED) is 0.279. The first kappa shape index (κ1) is 26.1. The number of rotatable bonds is 6. The minimum atomic E-state index is 0.418. The van der Waals surface area contributed by atoms with Crippen molar-refractivity contribution < 1.29 is 0 Å². The van der Waals surface area contributed by atoms with E-state index in [1.54, 1.807) is 18.7 Å². The molecule has 0 radical (unpaired) electrons. The third-order valence-electron chi connectivity index (χ3n) is 7.57. The average Bonchev–Trinajstić information content (AvgIpc) is 3.41. The second-order valence-corrected chi connectivity index (χ2v) is 10.7. The summed E-state index contributed by atoms with van der Waals surface area (Å²) in [6.45, 7) is 4.69. The van der Waals surface area contributed by atoms with Crippen molar-refractivity contribution in [3.8, 4) is 28.3 Å². The lowest BCUT2D eigenvalue weighted by Gasteiger charge is -2.35. The molecule has 10 heteroatoms. The van der Waals surface area contributed by atoms with Gasteiger partial charge in [0.2, 0.25) is 0 Å². The van der Waals surface area contributed by atoms with Gasteiger partial charge in [-0.2, -0.15) is 0 Å². The molecule has 1 aliphatic heterocycles. The van der Waals surface area contributed by atoms with E-state index in [2.05, 4.69) is 53.6 Å². The van der Waals surface area contributed by atoms with E-state index in [1.807, 2.05) is 54.6 Å². The van der Waals surface area contributed by atoms with Crippen molar-refractivity contribution in [2.75, 3.05) is 36.8 Å². The number of imidazole rings is 1. The average molecular weight is 574 g/mol. The molecule has 2 aromatic carbocycles. The zero-order valence-corrected chi connectivity index (χ0v) is 23.6. The molecule has 7 rings (SSSR count). The molecular weight excluding hydrogens is 546 g/mol. The molecule has 1 aliphatic rings. The van der Waals surface area contributed by atoms with E-state index in [1.165, 1.54) is 5.56 Å². The molecule has 9 nitrogen and oxygen atoms in total. The molecule has 0 aliphatic carbocycles. The fourth-order valence-electron chi connectivity index (χ4n) is 5.41. The predicted octanol–water partition coefficient (Wildman–Crippen LogP) is 5.50. The van der Waals surface area contributed by atoms with Gasteiger partial charge in [-0.1, -0.05) is 35.9 Å². The number of benzene rings is 2. The maximum Gasteiger partial charge on any atom is 0.165 e. The molecule has 4 aromatic heterocycles. The second kappa shape index (κ2) is 11.2. The number of hydrogen-bond acceptors (Lipinski definition) is 8. The fourth-order valence-corrected chi connectivity index (χ4v) is 5.60. The second-order valence-electron chi connectivity index (χ2n) is 10.3. The molecule has 208 valence electrons. The van der Waals surface area contributed by atoms with Gasteiger partial charge >= 0.3 is 0 Å². The Kier molecular flexibility index (Phi) is 6.95. The van der Waals surface area contributed by atoms with Crippen molar-refractivity contribution in [2.24, 2.45) is 0 Å². The van der Waals surface area contributed by atoms with Crippen LogP contribution in [0.1, 0.15) is 5.56 Å². The Hall–Kier alpha value is -4.86. The smallest absolute Gasteiger partial charge is 0.165 e. The van der Waals surface area contributed by atoms with Crippen molar-refractivity contribution in [2.45, 2.75) is 6.54 Å². The van der Waals surface area contributed by atoms with Crippen LogP contribution >= 0.6 is 11.6 Å². The Balaban J connectivity index is 1.20. The summed E-state index contributed by atoms with van der Waals surface area (Å²) in [5.41, 5.74) is 12.5. The molecule has 0 amide bonds. The minimum absolute atomic E-state index is 0.418. The van der Waals surface area contributed by atoms with E-state index >= 15 is 0 Å². The summed E-state index contributed by atoms with van der Waals surface area (Å²) in [5.74, 6) is 2.10. The number of aromatic nitrogens is 6. The van der Waals surface area contributed by atoms with Crippen LogP contribution in [0.5, 0.6) is 0 Å². The van der Waals surface area contributed by atoms with Gasteiger partial charge in [-0.25, -0.2) is 24.9 Å². The standard InChI is InChI=1S/C32H28ClN9/c33-24-4-1-3-23(19-24)27-10-11-28-32(38-27)42(31(39-28)26-5-2-13-36-30(26)34)25-8-6-22(7-9-25)20-40-15-17-41(18-16-40)29-12-14-35-21-37-29/h1-14,19,21H,15-18,20H2,(H2,34,36). The lowest BCUT2D eigenvalue weighted by atomic mass is 10.1. The van der Waals surface area contributed by atoms with Crippen LogP contribution in [0.4, 0.5) is 11.6 Å². The number of pyridine rings is 2. The summed E-state index contributed by atoms with van der Waals surface area (Å²) in [4.78, 5) is 27.5. The Labute approximate surface area is 248 Å². The monoisotopic (exact) mass is 573 g/mol. The number of halogens is 1. The molecule has 6 aromatic rings. The van der Waals surface area contributed by atoms with Gasteiger partial charge < -0.3 is 10.6 Å². The molecule has 5 heterocycles. The van der Waals surface area contributed by atoms with Crippen LogP contribution in [0.25, 0.3) is 39.5 Å². The van der Waals surface area contributed by atoms with E-state index < -0.39 is 0 Å². The van der Waals surface area contributed by atoms with E-state index in [0.29, 0.717) is 16.7 Å². The number of nitrogen functional groups attached to an aromatic ring is 1. The van der Waals surface area contributed by atoms with Crippen LogP contribution in [0.3, 0.4) is 0 Å². The van der Waals surface area contributed by atoms with Gasteiger partial charge in [-0.05, 0) is 60.2 Å². The Morgan fingerprint density at radius 1 is 0.810 bits per heavy atom. The third-order valence-corrected chi connectivity index (χ3v) is 7.80. The topological polar surface area (TPSA) is 102 Å². The van der Waals surface area contributed by atoms with E-state index in [0.717, 1.165) is 72.2 Å². The molecule has 1 fully saturated rings. The van der Waals surface area contributed by atoms with E-state index in [9.17, 15) is 0 Å². The lowest BCUT2D eigenvalue weighted by molar-refractivity contribution is 0.249. The minimum Gasteiger partial charge on any atom is -0.383 e. The van der Waals surface area contributed by atoms with E-state index in [-0.39, 0.29) is 0 Å². The molecule has 0 unspecified atom stereocenters. The Morgan fingerprint density at radius 3 is 2.43 bits per heavy atom. The number of piperazine rings is 1. The molecule has 0 bridgehead atoms. The fraction of sp³-hybridized carbons (Fsp3) is 0.156. The van der Waals surface area contributed by atoms with Crippen LogP contribution in [0.2, 0.25) is 5.02 Å². The van der Waals surface area contributed by atoms with Crippen LogP contribution in [-0.2, 0) is 6.54 Å². The summed E-state index contributed by atoms with van der Waals surface area (Å²) < 4.78 is 2.06. The highest BCUT2D eigenvalue weighted by Gasteiger charge is 2.20. The largest absolute Gasteiger partial charge is 0.383 e. The first-order valence-electron chi connectivity index (χ1n) is 13.8. The normalized spacial score (nSPS) is 14.0. The zero-order valence-electron chi connectivity index (χ0n) is 22.8. The van der Waals surface area contributed by atoms with Gasteiger partial charge in [0.1, 0.15) is 23.5 Å². The highest BCUT2D eigenvalue weighted by molar-refractivity contribution is 6.30. The molecule has 0 spiro atoms. The number of nitrogens with zero attached hydrogens (tertiary/aromatic N) is 8. The summed E-state index contributed by atoms with van der Waals surface area (Å²) in [5, 5.41) is 0.665. The SMILES string of the molecule is Nc1ncccc1-c1nc2ccc(-c3cccc(Cl)c3)nc2n1-c1ccc(CN2CCN(c3ccncn3)CC2)cc1. The number of anilines is 2. The molecule has 2 N–H and O–H groups in total. The zero-order chi connectivity index (χ0) is 28.5. The van der Waals surface area contributed by atoms with Crippen LogP contribution in [0, 0.1) is 0 Å². The van der Waals surface area contributed by atoms with E-state index in [4.69, 9.17) is 27.3 Å². The molecule has 0 saturated carbocycles. The molecular formula is C32H28ClN9. The van der Waals surface area contributed by atoms with Gasteiger partial charge in [-0.3, -0.25) is 9.47 Å². The lowest BCUT2D eigenvalue weighted by Crippen LogP contribution is -2.46.